The van der Waals surface area contributed by atoms with Crippen molar-refractivity contribution >= 4 is 33.5 Å². The van der Waals surface area contributed by atoms with Crippen molar-refractivity contribution in [3.63, 3.8) is 0 Å². The number of rotatable bonds is 8. The van der Waals surface area contributed by atoms with Crippen LogP contribution >= 0.6 is 11.6 Å². The maximum atomic E-state index is 13.0. The molecule has 0 aliphatic heterocycles. The van der Waals surface area contributed by atoms with Gasteiger partial charge in [-0.2, -0.15) is 4.98 Å². The second-order valence-electron chi connectivity index (χ2n) is 8.48. The third-order valence-electron chi connectivity index (χ3n) is 5.46. The topological polar surface area (TPSA) is 98.2 Å². The number of sulfonamides is 1. The van der Waals surface area contributed by atoms with Crippen LogP contribution in [0.25, 0.3) is 11.3 Å². The fourth-order valence-electron chi connectivity index (χ4n) is 3.59. The SMILES string of the molecule is COC(=O)c1cccc(S(=O)(=O)Nc2nc(Cl)c(C)c(-c3c(C)cccc3CCC(C)C)n2)c1. The molecule has 9 heteroatoms. The number of aryl methyl sites for hydroxylation is 2. The van der Waals surface area contributed by atoms with E-state index < -0.39 is 16.0 Å². The Morgan fingerprint density at radius 2 is 1.82 bits per heavy atom. The normalized spacial score (nSPS) is 11.5. The zero-order chi connectivity index (χ0) is 25.0. The van der Waals surface area contributed by atoms with E-state index in [1.54, 1.807) is 0 Å². The molecule has 0 radical (unpaired) electrons. The van der Waals surface area contributed by atoms with Crippen LogP contribution in [0.2, 0.25) is 5.15 Å². The number of nitrogens with zero attached hydrogens (tertiary/aromatic N) is 2. The predicted molar refractivity (Wildman–Crippen MR) is 134 cm³/mol. The summed E-state index contributed by atoms with van der Waals surface area (Å²) in [5.41, 5.74) is 4.42. The van der Waals surface area contributed by atoms with Gasteiger partial charge in [-0.3, -0.25) is 0 Å². The first-order valence-electron chi connectivity index (χ1n) is 10.9. The predicted octanol–water partition coefficient (Wildman–Crippen LogP) is 5.59. The van der Waals surface area contributed by atoms with Crippen LogP contribution in [0, 0.1) is 19.8 Å². The maximum Gasteiger partial charge on any atom is 0.337 e. The molecule has 0 fully saturated rings. The van der Waals surface area contributed by atoms with Crippen molar-refractivity contribution in [1.82, 2.24) is 9.97 Å². The smallest absolute Gasteiger partial charge is 0.337 e. The number of aromatic nitrogens is 2. The Hall–Kier alpha value is -2.97. The lowest BCUT2D eigenvalue weighted by atomic mass is 9.92. The molecule has 0 bridgehead atoms. The maximum absolute atomic E-state index is 13.0. The minimum atomic E-state index is -4.09. The van der Waals surface area contributed by atoms with Gasteiger partial charge in [0.2, 0.25) is 5.95 Å². The molecular weight excluding hydrogens is 474 g/mol. The van der Waals surface area contributed by atoms with Gasteiger partial charge in [-0.15, -0.1) is 0 Å². The van der Waals surface area contributed by atoms with Crippen LogP contribution in [0.4, 0.5) is 5.95 Å². The van der Waals surface area contributed by atoms with Crippen LogP contribution < -0.4 is 4.72 Å². The zero-order valence-electron chi connectivity index (χ0n) is 19.8. The number of ether oxygens (including phenoxy) is 1. The third kappa shape index (κ3) is 5.74. The van der Waals surface area contributed by atoms with Crippen LogP contribution in [-0.4, -0.2) is 31.5 Å². The number of hydrogen-bond acceptors (Lipinski definition) is 6. The van der Waals surface area contributed by atoms with E-state index in [1.807, 2.05) is 26.0 Å². The fourth-order valence-corrected chi connectivity index (χ4v) is 4.74. The zero-order valence-corrected chi connectivity index (χ0v) is 21.4. The van der Waals surface area contributed by atoms with Crippen LogP contribution in [0.5, 0.6) is 0 Å². The Balaban J connectivity index is 2.05. The van der Waals surface area contributed by atoms with Gasteiger partial charge in [0.1, 0.15) is 5.15 Å². The highest BCUT2D eigenvalue weighted by atomic mass is 35.5. The van der Waals surface area contributed by atoms with Gasteiger partial charge in [-0.25, -0.2) is 22.9 Å². The van der Waals surface area contributed by atoms with Crippen molar-refractivity contribution in [2.45, 2.75) is 45.4 Å². The summed E-state index contributed by atoms with van der Waals surface area (Å²) < 4.78 is 33.1. The van der Waals surface area contributed by atoms with Gasteiger partial charge >= 0.3 is 5.97 Å². The van der Waals surface area contributed by atoms with Crippen molar-refractivity contribution in [2.75, 3.05) is 11.8 Å². The summed E-state index contributed by atoms with van der Waals surface area (Å²) in [4.78, 5) is 20.4. The number of carbonyl (C=O) groups excluding carboxylic acids is 1. The molecule has 2 aromatic carbocycles. The Morgan fingerprint density at radius 1 is 1.12 bits per heavy atom. The summed E-state index contributed by atoms with van der Waals surface area (Å²) in [6, 6.07) is 11.6. The monoisotopic (exact) mass is 501 g/mol. The average molecular weight is 502 g/mol. The van der Waals surface area contributed by atoms with Gasteiger partial charge in [0.05, 0.1) is 23.3 Å². The lowest BCUT2D eigenvalue weighted by Crippen LogP contribution is -2.16. The Kier molecular flexibility index (Phi) is 7.94. The molecular formula is C25H28ClN3O4S. The molecule has 1 N–H and O–H groups in total. The first kappa shape index (κ1) is 25.6. The fraction of sp³-hybridized carbons (Fsp3) is 0.320. The van der Waals surface area contributed by atoms with E-state index in [4.69, 9.17) is 11.6 Å². The number of nitrogens with one attached hydrogen (secondary N) is 1. The van der Waals surface area contributed by atoms with E-state index in [2.05, 4.69) is 39.3 Å². The number of esters is 1. The highest BCUT2D eigenvalue weighted by molar-refractivity contribution is 7.92. The Labute approximate surface area is 205 Å². The number of methoxy groups -OCH3 is 1. The first-order chi connectivity index (χ1) is 16.0. The van der Waals surface area contributed by atoms with Gasteiger partial charge in [-0.1, -0.05) is 49.7 Å². The molecule has 0 unspecified atom stereocenters. The van der Waals surface area contributed by atoms with Crippen LogP contribution in [-0.2, 0) is 21.2 Å². The number of carbonyl (C=O) groups is 1. The second kappa shape index (κ2) is 10.5. The molecule has 180 valence electrons. The minimum absolute atomic E-state index is 0.114. The first-order valence-corrected chi connectivity index (χ1v) is 12.7. The molecule has 0 aliphatic carbocycles. The highest BCUT2D eigenvalue weighted by Gasteiger charge is 2.21. The summed E-state index contributed by atoms with van der Waals surface area (Å²) >= 11 is 6.41. The van der Waals surface area contributed by atoms with Gasteiger partial charge in [0.25, 0.3) is 10.0 Å². The molecule has 7 nitrogen and oxygen atoms in total. The van der Waals surface area contributed by atoms with Gasteiger partial charge in [-0.05, 0) is 61.9 Å². The van der Waals surface area contributed by atoms with Gasteiger partial charge in [0, 0.05) is 11.1 Å². The third-order valence-corrected chi connectivity index (χ3v) is 7.16. The molecule has 3 rings (SSSR count). The van der Waals surface area contributed by atoms with Crippen molar-refractivity contribution in [3.05, 3.63) is 69.9 Å². The molecule has 1 heterocycles. The number of anilines is 1. The van der Waals surface area contributed by atoms with E-state index in [1.165, 1.54) is 31.4 Å². The standard InChI is InChI=1S/C25H28ClN3O4S/c1-15(2)12-13-18-9-6-8-16(3)21(18)22-17(4)23(26)28-25(27-22)29-34(31,32)20-11-7-10-19(14-20)24(30)33-5/h6-11,14-15H,12-13H2,1-5H3,(H,27,28,29). The van der Waals surface area contributed by atoms with E-state index in [0.29, 0.717) is 17.2 Å². The second-order valence-corrected chi connectivity index (χ2v) is 10.5. The van der Waals surface area contributed by atoms with E-state index in [-0.39, 0.29) is 21.6 Å². The Bertz CT molecular complexity index is 1320. The van der Waals surface area contributed by atoms with Gasteiger partial charge in [0.15, 0.2) is 0 Å². The van der Waals surface area contributed by atoms with E-state index >= 15 is 0 Å². The van der Waals surface area contributed by atoms with Crippen LogP contribution in [0.15, 0.2) is 47.4 Å². The molecule has 0 atom stereocenters. The average Bonchev–Trinajstić information content (AvgIpc) is 2.79. The van der Waals surface area contributed by atoms with Crippen LogP contribution in [0.3, 0.4) is 0 Å². The minimum Gasteiger partial charge on any atom is -0.465 e. The Morgan fingerprint density at radius 3 is 2.50 bits per heavy atom. The highest BCUT2D eigenvalue weighted by Crippen LogP contribution is 2.33. The van der Waals surface area contributed by atoms with Gasteiger partial charge < -0.3 is 4.74 Å². The van der Waals surface area contributed by atoms with E-state index in [0.717, 1.165) is 29.5 Å². The summed E-state index contributed by atoms with van der Waals surface area (Å²) in [7, 11) is -2.86. The lowest BCUT2D eigenvalue weighted by molar-refractivity contribution is 0.0600. The summed E-state index contributed by atoms with van der Waals surface area (Å²) in [5.74, 6) is -0.249. The molecule has 1 aromatic heterocycles. The number of halogens is 1. The number of hydrogen-bond donors (Lipinski definition) is 1. The molecule has 3 aromatic rings. The van der Waals surface area contributed by atoms with Crippen molar-refractivity contribution in [3.8, 4) is 11.3 Å². The molecule has 0 aliphatic rings. The quantitative estimate of drug-likeness (QED) is 0.319. The van der Waals surface area contributed by atoms with Crippen molar-refractivity contribution < 1.29 is 17.9 Å². The molecule has 0 saturated heterocycles. The lowest BCUT2D eigenvalue weighted by Gasteiger charge is -2.17. The molecule has 0 amide bonds. The van der Waals surface area contributed by atoms with E-state index in [9.17, 15) is 13.2 Å². The molecule has 0 spiro atoms. The number of benzene rings is 2. The summed E-state index contributed by atoms with van der Waals surface area (Å²) in [5, 5.41) is 0.157. The molecule has 0 saturated carbocycles. The summed E-state index contributed by atoms with van der Waals surface area (Å²) in [6.45, 7) is 8.15. The van der Waals surface area contributed by atoms with Crippen LogP contribution in [0.1, 0.15) is 47.3 Å². The largest absolute Gasteiger partial charge is 0.465 e. The van der Waals surface area contributed by atoms with Crippen molar-refractivity contribution in [2.24, 2.45) is 5.92 Å². The van der Waals surface area contributed by atoms with Crippen molar-refractivity contribution in [1.29, 1.82) is 0 Å². The molecule has 34 heavy (non-hydrogen) atoms. The summed E-state index contributed by atoms with van der Waals surface area (Å²) in [6.07, 6.45) is 1.86.